The average molecular weight is 267 g/mol. The third-order valence-corrected chi connectivity index (χ3v) is 2.88. The van der Waals surface area contributed by atoms with Crippen LogP contribution in [0.4, 0.5) is 17.3 Å². The fraction of sp³-hybridized carbons (Fsp3) is 0.267. The molecule has 2 rings (SSSR count). The monoisotopic (exact) mass is 267 g/mol. The van der Waals surface area contributed by atoms with Gasteiger partial charge < -0.3 is 10.2 Å². The van der Waals surface area contributed by atoms with E-state index in [2.05, 4.69) is 28.3 Å². The van der Waals surface area contributed by atoms with Gasteiger partial charge in [-0.2, -0.15) is 5.26 Å². The van der Waals surface area contributed by atoms with Crippen molar-refractivity contribution < 1.29 is 0 Å². The molecule has 20 heavy (non-hydrogen) atoms. The van der Waals surface area contributed by atoms with Crippen LogP contribution in [0.15, 0.2) is 36.7 Å². The summed E-state index contributed by atoms with van der Waals surface area (Å²) < 4.78 is 0. The number of aromatic nitrogens is 2. The second-order valence-corrected chi connectivity index (χ2v) is 4.41. The van der Waals surface area contributed by atoms with E-state index < -0.39 is 0 Å². The number of hydrogen-bond donors (Lipinski definition) is 1. The molecule has 0 aliphatic rings. The molecule has 0 bridgehead atoms. The third-order valence-electron chi connectivity index (χ3n) is 2.88. The van der Waals surface area contributed by atoms with Crippen LogP contribution >= 0.6 is 0 Å². The molecule has 102 valence electrons. The van der Waals surface area contributed by atoms with Gasteiger partial charge in [-0.15, -0.1) is 0 Å². The molecule has 0 atom stereocenters. The number of nitrogens with zero attached hydrogens (tertiary/aromatic N) is 4. The lowest BCUT2D eigenvalue weighted by atomic mass is 10.2. The summed E-state index contributed by atoms with van der Waals surface area (Å²) in [6, 6.07) is 9.54. The van der Waals surface area contributed by atoms with Crippen LogP contribution in [0.1, 0.15) is 18.9 Å². The standard InChI is InChI=1S/C15H17N5/c1-3-7-18-14-10-17-11-15(19-14)20(2)13-6-4-5-12(8-13)9-16/h4-6,8,10-11H,3,7H2,1-2H3,(H,18,19). The summed E-state index contributed by atoms with van der Waals surface area (Å²) in [5.74, 6) is 1.49. The van der Waals surface area contributed by atoms with Crippen LogP contribution in [0.5, 0.6) is 0 Å². The molecule has 5 heteroatoms. The van der Waals surface area contributed by atoms with E-state index in [0.717, 1.165) is 30.3 Å². The SMILES string of the molecule is CCCNc1cncc(N(C)c2cccc(C#N)c2)n1. The van der Waals surface area contributed by atoms with Crippen molar-refractivity contribution in [3.63, 3.8) is 0 Å². The Morgan fingerprint density at radius 2 is 2.20 bits per heavy atom. The zero-order valence-corrected chi connectivity index (χ0v) is 11.7. The van der Waals surface area contributed by atoms with Crippen molar-refractivity contribution in [3.05, 3.63) is 42.2 Å². The molecule has 1 N–H and O–H groups in total. The molecule has 0 aliphatic heterocycles. The van der Waals surface area contributed by atoms with E-state index >= 15 is 0 Å². The van der Waals surface area contributed by atoms with E-state index in [9.17, 15) is 0 Å². The number of nitrogens with one attached hydrogen (secondary N) is 1. The predicted molar refractivity (Wildman–Crippen MR) is 80.0 cm³/mol. The molecule has 0 amide bonds. The second kappa shape index (κ2) is 6.53. The Kier molecular flexibility index (Phi) is 4.51. The van der Waals surface area contributed by atoms with Gasteiger partial charge in [-0.25, -0.2) is 4.98 Å². The van der Waals surface area contributed by atoms with Crippen molar-refractivity contribution in [1.82, 2.24) is 9.97 Å². The van der Waals surface area contributed by atoms with Gasteiger partial charge in [0.25, 0.3) is 0 Å². The van der Waals surface area contributed by atoms with Crippen LogP contribution in [0, 0.1) is 11.3 Å². The first kappa shape index (κ1) is 13.8. The van der Waals surface area contributed by atoms with Crippen LogP contribution in [0.3, 0.4) is 0 Å². The highest BCUT2D eigenvalue weighted by Crippen LogP contribution is 2.22. The summed E-state index contributed by atoms with van der Waals surface area (Å²) in [7, 11) is 1.91. The van der Waals surface area contributed by atoms with Crippen LogP contribution in [-0.2, 0) is 0 Å². The molecule has 0 saturated carbocycles. The molecule has 0 aliphatic carbocycles. The minimum Gasteiger partial charge on any atom is -0.369 e. The van der Waals surface area contributed by atoms with Crippen molar-refractivity contribution >= 4 is 17.3 Å². The van der Waals surface area contributed by atoms with Gasteiger partial charge in [0.1, 0.15) is 5.82 Å². The summed E-state index contributed by atoms with van der Waals surface area (Å²) >= 11 is 0. The highest BCUT2D eigenvalue weighted by Gasteiger charge is 2.07. The molecular formula is C15H17N5. The van der Waals surface area contributed by atoms with Gasteiger partial charge in [0.2, 0.25) is 0 Å². The minimum absolute atomic E-state index is 0.627. The van der Waals surface area contributed by atoms with Gasteiger partial charge in [-0.1, -0.05) is 13.0 Å². The Morgan fingerprint density at radius 3 is 2.95 bits per heavy atom. The van der Waals surface area contributed by atoms with Crippen molar-refractivity contribution in [3.8, 4) is 6.07 Å². The zero-order chi connectivity index (χ0) is 14.4. The molecule has 0 spiro atoms. The number of nitriles is 1. The second-order valence-electron chi connectivity index (χ2n) is 4.41. The van der Waals surface area contributed by atoms with Gasteiger partial charge >= 0.3 is 0 Å². The fourth-order valence-corrected chi connectivity index (χ4v) is 1.77. The van der Waals surface area contributed by atoms with Crippen molar-refractivity contribution in [1.29, 1.82) is 5.26 Å². The first-order valence-electron chi connectivity index (χ1n) is 6.54. The van der Waals surface area contributed by atoms with Gasteiger partial charge in [0.05, 0.1) is 24.0 Å². The maximum absolute atomic E-state index is 8.95. The Labute approximate surface area is 118 Å². The molecule has 0 unspecified atom stereocenters. The smallest absolute Gasteiger partial charge is 0.153 e. The molecule has 1 aromatic heterocycles. The van der Waals surface area contributed by atoms with E-state index in [0.29, 0.717) is 5.56 Å². The Bertz CT molecular complexity index is 618. The first-order valence-corrected chi connectivity index (χ1v) is 6.54. The van der Waals surface area contributed by atoms with Gasteiger partial charge in [-0.3, -0.25) is 4.98 Å². The normalized spacial score (nSPS) is 9.85. The Hall–Kier alpha value is -2.61. The predicted octanol–water partition coefficient (Wildman–Crippen LogP) is 2.94. The molecule has 0 saturated heterocycles. The zero-order valence-electron chi connectivity index (χ0n) is 11.7. The minimum atomic E-state index is 0.627. The number of benzene rings is 1. The van der Waals surface area contributed by atoms with E-state index in [4.69, 9.17) is 5.26 Å². The van der Waals surface area contributed by atoms with E-state index in [1.807, 2.05) is 30.1 Å². The van der Waals surface area contributed by atoms with Crippen molar-refractivity contribution in [2.75, 3.05) is 23.8 Å². The molecule has 5 nitrogen and oxygen atoms in total. The molecule has 2 aromatic rings. The topological polar surface area (TPSA) is 64.8 Å². The van der Waals surface area contributed by atoms with Crippen LogP contribution in [0.25, 0.3) is 0 Å². The Balaban J connectivity index is 2.23. The summed E-state index contributed by atoms with van der Waals surface area (Å²) in [4.78, 5) is 10.6. The summed E-state index contributed by atoms with van der Waals surface area (Å²) in [5.41, 5.74) is 1.54. The van der Waals surface area contributed by atoms with Gasteiger partial charge in [0, 0.05) is 19.3 Å². The Morgan fingerprint density at radius 1 is 1.35 bits per heavy atom. The molecule has 0 radical (unpaired) electrons. The molecule has 1 heterocycles. The molecular weight excluding hydrogens is 250 g/mol. The van der Waals surface area contributed by atoms with E-state index in [-0.39, 0.29) is 0 Å². The number of rotatable bonds is 5. The fourth-order valence-electron chi connectivity index (χ4n) is 1.77. The van der Waals surface area contributed by atoms with Crippen molar-refractivity contribution in [2.45, 2.75) is 13.3 Å². The van der Waals surface area contributed by atoms with Crippen LogP contribution in [0.2, 0.25) is 0 Å². The van der Waals surface area contributed by atoms with Gasteiger partial charge in [-0.05, 0) is 24.6 Å². The maximum atomic E-state index is 8.95. The number of hydrogen-bond acceptors (Lipinski definition) is 5. The van der Waals surface area contributed by atoms with E-state index in [1.54, 1.807) is 18.5 Å². The first-order chi connectivity index (χ1) is 9.74. The highest BCUT2D eigenvalue weighted by molar-refractivity contribution is 5.61. The largest absolute Gasteiger partial charge is 0.369 e. The lowest BCUT2D eigenvalue weighted by molar-refractivity contribution is 0.960. The molecule has 0 fully saturated rings. The van der Waals surface area contributed by atoms with Crippen LogP contribution in [-0.4, -0.2) is 23.6 Å². The van der Waals surface area contributed by atoms with E-state index in [1.165, 1.54) is 0 Å². The van der Waals surface area contributed by atoms with Gasteiger partial charge in [0.15, 0.2) is 5.82 Å². The summed E-state index contributed by atoms with van der Waals surface area (Å²) in [5, 5.41) is 12.2. The summed E-state index contributed by atoms with van der Waals surface area (Å²) in [6.07, 6.45) is 4.45. The number of anilines is 3. The molecule has 1 aromatic carbocycles. The highest BCUT2D eigenvalue weighted by atomic mass is 15.2. The third kappa shape index (κ3) is 3.23. The van der Waals surface area contributed by atoms with Crippen molar-refractivity contribution in [2.24, 2.45) is 0 Å². The van der Waals surface area contributed by atoms with Crippen LogP contribution < -0.4 is 10.2 Å². The average Bonchev–Trinajstić information content (AvgIpc) is 2.52. The summed E-state index contributed by atoms with van der Waals surface area (Å²) in [6.45, 7) is 2.97. The lowest BCUT2D eigenvalue weighted by Gasteiger charge is -2.18. The quantitative estimate of drug-likeness (QED) is 0.902. The lowest BCUT2D eigenvalue weighted by Crippen LogP contribution is -2.13. The maximum Gasteiger partial charge on any atom is 0.153 e.